The molecule has 2 amide bonds. The predicted molar refractivity (Wildman–Crippen MR) is 93.6 cm³/mol. The highest BCUT2D eigenvalue weighted by molar-refractivity contribution is 5.78. The minimum atomic E-state index is 0.0642. The molecule has 2 saturated heterocycles. The molecule has 2 aliphatic heterocycles. The standard InChI is InChI=1S/C18H27N5O2/c1-14-9-21-15(10-20-14)11-23-13-18(4-3-17(23)25)5-7-22(8-6-18)12-16(24)19-2/h9-10H,3-8,11-13H2,1-2H3,(H,19,24). The van der Waals surface area contributed by atoms with Gasteiger partial charge in [-0.1, -0.05) is 0 Å². The Balaban J connectivity index is 1.59. The minimum absolute atomic E-state index is 0.0642. The molecule has 0 radical (unpaired) electrons. The van der Waals surface area contributed by atoms with Crippen molar-refractivity contribution in [2.45, 2.75) is 39.2 Å². The van der Waals surface area contributed by atoms with Gasteiger partial charge < -0.3 is 10.2 Å². The Labute approximate surface area is 148 Å². The van der Waals surface area contributed by atoms with E-state index in [9.17, 15) is 9.59 Å². The molecule has 7 heteroatoms. The molecule has 136 valence electrons. The van der Waals surface area contributed by atoms with Crippen molar-refractivity contribution in [3.05, 3.63) is 23.8 Å². The normalized spacial score (nSPS) is 20.7. The third-order valence-electron chi connectivity index (χ3n) is 5.50. The van der Waals surface area contributed by atoms with Crippen molar-refractivity contribution >= 4 is 11.8 Å². The van der Waals surface area contributed by atoms with Crippen LogP contribution in [0.4, 0.5) is 0 Å². The van der Waals surface area contributed by atoms with Gasteiger partial charge >= 0.3 is 0 Å². The lowest BCUT2D eigenvalue weighted by Crippen LogP contribution is -2.52. The predicted octanol–water partition coefficient (Wildman–Crippen LogP) is 0.736. The number of aromatic nitrogens is 2. The zero-order valence-corrected chi connectivity index (χ0v) is 15.1. The fourth-order valence-corrected chi connectivity index (χ4v) is 3.82. The molecule has 0 atom stereocenters. The van der Waals surface area contributed by atoms with Crippen LogP contribution in [0.5, 0.6) is 0 Å². The first-order chi connectivity index (χ1) is 12.0. The van der Waals surface area contributed by atoms with Crippen molar-refractivity contribution in [1.29, 1.82) is 0 Å². The van der Waals surface area contributed by atoms with Gasteiger partial charge in [0, 0.05) is 26.2 Å². The largest absolute Gasteiger partial charge is 0.358 e. The van der Waals surface area contributed by atoms with E-state index in [1.54, 1.807) is 19.4 Å². The number of rotatable bonds is 4. The van der Waals surface area contributed by atoms with Gasteiger partial charge in [-0.25, -0.2) is 0 Å². The molecule has 2 aliphatic rings. The van der Waals surface area contributed by atoms with Crippen molar-refractivity contribution < 1.29 is 9.59 Å². The quantitative estimate of drug-likeness (QED) is 0.871. The summed E-state index contributed by atoms with van der Waals surface area (Å²) in [6.07, 6.45) is 7.14. The molecule has 7 nitrogen and oxygen atoms in total. The number of likely N-dealkylation sites (tertiary alicyclic amines) is 2. The van der Waals surface area contributed by atoms with E-state index < -0.39 is 0 Å². The molecule has 1 aromatic heterocycles. The molecule has 0 unspecified atom stereocenters. The highest BCUT2D eigenvalue weighted by Gasteiger charge is 2.41. The lowest BCUT2D eigenvalue weighted by atomic mass is 9.72. The molecule has 0 aromatic carbocycles. The number of piperidine rings is 2. The Hall–Kier alpha value is -2.02. The van der Waals surface area contributed by atoms with Gasteiger partial charge in [-0.3, -0.25) is 24.5 Å². The van der Waals surface area contributed by atoms with E-state index in [1.165, 1.54) is 0 Å². The highest BCUT2D eigenvalue weighted by Crippen LogP contribution is 2.40. The van der Waals surface area contributed by atoms with Crippen molar-refractivity contribution in [3.8, 4) is 0 Å². The summed E-state index contributed by atoms with van der Waals surface area (Å²) in [5.41, 5.74) is 1.91. The highest BCUT2D eigenvalue weighted by atomic mass is 16.2. The van der Waals surface area contributed by atoms with E-state index in [-0.39, 0.29) is 17.2 Å². The molecule has 0 bridgehead atoms. The summed E-state index contributed by atoms with van der Waals surface area (Å²) in [6, 6.07) is 0. The number of nitrogens with zero attached hydrogens (tertiary/aromatic N) is 4. The minimum Gasteiger partial charge on any atom is -0.358 e. The Morgan fingerprint density at radius 3 is 2.64 bits per heavy atom. The first-order valence-corrected chi connectivity index (χ1v) is 8.98. The Morgan fingerprint density at radius 2 is 2.00 bits per heavy atom. The van der Waals surface area contributed by atoms with Crippen molar-refractivity contribution in [2.24, 2.45) is 5.41 Å². The molecule has 1 N–H and O–H groups in total. The maximum atomic E-state index is 12.4. The van der Waals surface area contributed by atoms with Crippen LogP contribution in [0.1, 0.15) is 37.1 Å². The smallest absolute Gasteiger partial charge is 0.233 e. The summed E-state index contributed by atoms with van der Waals surface area (Å²) in [5, 5.41) is 2.68. The Bertz CT molecular complexity index is 623. The van der Waals surface area contributed by atoms with Gasteiger partial charge in [-0.15, -0.1) is 0 Å². The van der Waals surface area contributed by atoms with Crippen LogP contribution in [-0.4, -0.2) is 64.8 Å². The molecule has 3 rings (SSSR count). The number of nitrogens with one attached hydrogen (secondary N) is 1. The fourth-order valence-electron chi connectivity index (χ4n) is 3.82. The van der Waals surface area contributed by atoms with Gasteiger partial charge in [0.25, 0.3) is 0 Å². The van der Waals surface area contributed by atoms with Crippen LogP contribution in [0, 0.1) is 12.3 Å². The average molecular weight is 345 g/mol. The molecule has 2 fully saturated rings. The van der Waals surface area contributed by atoms with Crippen LogP contribution in [0.2, 0.25) is 0 Å². The van der Waals surface area contributed by atoms with Crippen LogP contribution in [0.3, 0.4) is 0 Å². The van der Waals surface area contributed by atoms with Crippen LogP contribution in [0.25, 0.3) is 0 Å². The van der Waals surface area contributed by atoms with E-state index >= 15 is 0 Å². The third kappa shape index (κ3) is 4.34. The topological polar surface area (TPSA) is 78.4 Å². The monoisotopic (exact) mass is 345 g/mol. The second-order valence-electron chi connectivity index (χ2n) is 7.35. The van der Waals surface area contributed by atoms with Crippen molar-refractivity contribution in [2.75, 3.05) is 33.2 Å². The molecule has 1 aromatic rings. The number of likely N-dealkylation sites (N-methyl/N-ethyl adjacent to an activating group) is 1. The van der Waals surface area contributed by atoms with Gasteiger partial charge in [0.2, 0.25) is 11.8 Å². The molecule has 0 saturated carbocycles. The van der Waals surface area contributed by atoms with Crippen molar-refractivity contribution in [3.63, 3.8) is 0 Å². The molecular formula is C18H27N5O2. The summed E-state index contributed by atoms with van der Waals surface area (Å²) in [4.78, 5) is 36.7. The Morgan fingerprint density at radius 1 is 1.24 bits per heavy atom. The third-order valence-corrected chi connectivity index (χ3v) is 5.50. The van der Waals surface area contributed by atoms with Gasteiger partial charge in [-0.2, -0.15) is 0 Å². The van der Waals surface area contributed by atoms with E-state index in [2.05, 4.69) is 20.2 Å². The van der Waals surface area contributed by atoms with Gasteiger partial charge in [0.15, 0.2) is 0 Å². The zero-order chi connectivity index (χ0) is 17.9. The van der Waals surface area contributed by atoms with Gasteiger partial charge in [0.05, 0.1) is 30.7 Å². The number of hydrogen-bond donors (Lipinski definition) is 1. The van der Waals surface area contributed by atoms with Gasteiger partial charge in [-0.05, 0) is 44.7 Å². The molecular weight excluding hydrogens is 318 g/mol. The number of carbonyl (C=O) groups is 2. The van der Waals surface area contributed by atoms with Crippen molar-refractivity contribution in [1.82, 2.24) is 25.1 Å². The van der Waals surface area contributed by atoms with E-state index in [1.807, 2.05) is 11.8 Å². The molecule has 25 heavy (non-hydrogen) atoms. The van der Waals surface area contributed by atoms with Crippen LogP contribution < -0.4 is 5.32 Å². The Kier molecular flexibility index (Phi) is 5.32. The maximum Gasteiger partial charge on any atom is 0.233 e. The summed E-state index contributed by atoms with van der Waals surface area (Å²) in [7, 11) is 1.67. The molecule has 3 heterocycles. The number of hydrogen-bond acceptors (Lipinski definition) is 5. The van der Waals surface area contributed by atoms with Crippen LogP contribution >= 0.6 is 0 Å². The number of aryl methyl sites for hydroxylation is 1. The molecule has 1 spiro atoms. The van der Waals surface area contributed by atoms with E-state index in [0.29, 0.717) is 19.5 Å². The van der Waals surface area contributed by atoms with Crippen LogP contribution in [0.15, 0.2) is 12.4 Å². The van der Waals surface area contributed by atoms with Gasteiger partial charge in [0.1, 0.15) is 0 Å². The SMILES string of the molecule is CNC(=O)CN1CCC2(CCC(=O)N(Cc3cnc(C)cn3)C2)CC1. The second kappa shape index (κ2) is 7.47. The average Bonchev–Trinajstić information content (AvgIpc) is 2.62. The maximum absolute atomic E-state index is 12.4. The first kappa shape index (κ1) is 17.8. The van der Waals surface area contributed by atoms with E-state index in [0.717, 1.165) is 50.3 Å². The summed E-state index contributed by atoms with van der Waals surface area (Å²) >= 11 is 0. The summed E-state index contributed by atoms with van der Waals surface area (Å²) in [6.45, 7) is 5.53. The number of amides is 2. The van der Waals surface area contributed by atoms with Crippen LogP contribution in [-0.2, 0) is 16.1 Å². The summed E-state index contributed by atoms with van der Waals surface area (Å²) in [5.74, 6) is 0.273. The number of carbonyl (C=O) groups excluding carboxylic acids is 2. The van der Waals surface area contributed by atoms with E-state index in [4.69, 9.17) is 0 Å². The second-order valence-corrected chi connectivity index (χ2v) is 7.35. The first-order valence-electron chi connectivity index (χ1n) is 8.98. The fraction of sp³-hybridized carbons (Fsp3) is 0.667. The lowest BCUT2D eigenvalue weighted by Gasteiger charge is -2.47. The summed E-state index contributed by atoms with van der Waals surface area (Å²) < 4.78 is 0. The lowest BCUT2D eigenvalue weighted by molar-refractivity contribution is -0.140. The molecule has 0 aliphatic carbocycles. The zero-order valence-electron chi connectivity index (χ0n) is 15.1.